The lowest BCUT2D eigenvalue weighted by atomic mass is 10.1. The van der Waals surface area contributed by atoms with E-state index >= 15 is 0 Å². The lowest BCUT2D eigenvalue weighted by Crippen LogP contribution is -2.39. The predicted molar refractivity (Wildman–Crippen MR) is 88.4 cm³/mol. The molecular formula is C14H27N5O2S. The number of hydrogen-bond donors (Lipinski definition) is 2. The van der Waals surface area contributed by atoms with Gasteiger partial charge in [0.2, 0.25) is 10.0 Å². The summed E-state index contributed by atoms with van der Waals surface area (Å²) in [6, 6.07) is 1.99. The molecule has 1 unspecified atom stereocenters. The Kier molecular flexibility index (Phi) is 5.82. The Morgan fingerprint density at radius 1 is 1.55 bits per heavy atom. The Hall–Kier alpha value is -1.12. The van der Waals surface area contributed by atoms with Crippen molar-refractivity contribution in [2.75, 3.05) is 37.8 Å². The second kappa shape index (κ2) is 7.43. The van der Waals surface area contributed by atoms with Gasteiger partial charge in [0.25, 0.3) is 0 Å². The van der Waals surface area contributed by atoms with Crippen molar-refractivity contribution in [3.8, 4) is 0 Å². The molecule has 126 valence electrons. The summed E-state index contributed by atoms with van der Waals surface area (Å²) >= 11 is 0. The first-order valence-corrected chi connectivity index (χ1v) is 9.66. The zero-order chi connectivity index (χ0) is 16.2. The molecule has 1 aromatic rings. The summed E-state index contributed by atoms with van der Waals surface area (Å²) in [6.07, 6.45) is 3.90. The van der Waals surface area contributed by atoms with E-state index in [1.54, 1.807) is 4.31 Å². The van der Waals surface area contributed by atoms with Crippen molar-refractivity contribution < 1.29 is 8.42 Å². The SMILES string of the molecule is CC(C)N(CCCNCC1CNc2ccnn2C1)S(C)(=O)=O. The largest absolute Gasteiger partial charge is 0.370 e. The fourth-order valence-corrected chi connectivity index (χ4v) is 4.02. The number of nitrogens with zero attached hydrogens (tertiary/aromatic N) is 3. The molecule has 0 saturated carbocycles. The van der Waals surface area contributed by atoms with Crippen molar-refractivity contribution in [2.24, 2.45) is 5.92 Å². The van der Waals surface area contributed by atoms with Gasteiger partial charge in [-0.3, -0.25) is 0 Å². The molecule has 1 atom stereocenters. The van der Waals surface area contributed by atoms with E-state index in [9.17, 15) is 8.42 Å². The summed E-state index contributed by atoms with van der Waals surface area (Å²) in [4.78, 5) is 0. The molecule has 0 amide bonds. The molecule has 0 fully saturated rings. The molecule has 1 aromatic heterocycles. The molecule has 1 aliphatic heterocycles. The van der Waals surface area contributed by atoms with Gasteiger partial charge in [0.05, 0.1) is 12.5 Å². The molecule has 0 aliphatic carbocycles. The van der Waals surface area contributed by atoms with Gasteiger partial charge < -0.3 is 10.6 Å². The van der Waals surface area contributed by atoms with Crippen LogP contribution in [0.2, 0.25) is 0 Å². The lowest BCUT2D eigenvalue weighted by Gasteiger charge is -2.26. The maximum atomic E-state index is 11.7. The summed E-state index contributed by atoms with van der Waals surface area (Å²) in [5.41, 5.74) is 0. The van der Waals surface area contributed by atoms with Crippen LogP contribution in [-0.4, -0.2) is 61.0 Å². The number of aromatic nitrogens is 2. The smallest absolute Gasteiger partial charge is 0.211 e. The third-order valence-corrected chi connectivity index (χ3v) is 5.34. The van der Waals surface area contributed by atoms with Crippen LogP contribution in [0.3, 0.4) is 0 Å². The zero-order valence-electron chi connectivity index (χ0n) is 13.6. The minimum Gasteiger partial charge on any atom is -0.370 e. The maximum Gasteiger partial charge on any atom is 0.211 e. The Bertz CT molecular complexity index is 570. The molecule has 0 spiro atoms. The highest BCUT2D eigenvalue weighted by molar-refractivity contribution is 7.88. The summed E-state index contributed by atoms with van der Waals surface area (Å²) < 4.78 is 26.9. The minimum absolute atomic E-state index is 0.00998. The van der Waals surface area contributed by atoms with E-state index < -0.39 is 10.0 Å². The van der Waals surface area contributed by atoms with Gasteiger partial charge in [-0.15, -0.1) is 0 Å². The summed E-state index contributed by atoms with van der Waals surface area (Å²) in [6.45, 7) is 7.97. The fraction of sp³-hybridized carbons (Fsp3) is 0.786. The van der Waals surface area contributed by atoms with Gasteiger partial charge in [0.1, 0.15) is 5.82 Å². The van der Waals surface area contributed by atoms with Crippen LogP contribution >= 0.6 is 0 Å². The standard InChI is InChI=1S/C14H27N5O2S/c1-12(2)19(22(3,20)21)8-4-6-15-9-13-10-16-14-5-7-17-18(14)11-13/h5,7,12-13,15-16H,4,6,8-11H2,1-3H3. The molecule has 2 N–H and O–H groups in total. The van der Waals surface area contributed by atoms with Crippen LogP contribution < -0.4 is 10.6 Å². The average molecular weight is 329 g/mol. The Balaban J connectivity index is 1.66. The Labute approximate surface area is 133 Å². The Morgan fingerprint density at radius 3 is 3.00 bits per heavy atom. The van der Waals surface area contributed by atoms with Crippen molar-refractivity contribution in [3.63, 3.8) is 0 Å². The van der Waals surface area contributed by atoms with E-state index in [1.807, 2.05) is 30.8 Å². The van der Waals surface area contributed by atoms with Crippen LogP contribution in [-0.2, 0) is 16.6 Å². The predicted octanol–water partition coefficient (Wildman–Crippen LogP) is 0.575. The lowest BCUT2D eigenvalue weighted by molar-refractivity contribution is 0.342. The Morgan fingerprint density at radius 2 is 2.32 bits per heavy atom. The molecule has 2 heterocycles. The average Bonchev–Trinajstić information content (AvgIpc) is 2.88. The monoisotopic (exact) mass is 329 g/mol. The number of sulfonamides is 1. The van der Waals surface area contributed by atoms with E-state index in [1.165, 1.54) is 6.26 Å². The summed E-state index contributed by atoms with van der Waals surface area (Å²) in [7, 11) is -3.11. The van der Waals surface area contributed by atoms with Gasteiger partial charge in [-0.2, -0.15) is 9.40 Å². The molecule has 1 aliphatic rings. The first-order valence-electron chi connectivity index (χ1n) is 7.81. The van der Waals surface area contributed by atoms with Crippen LogP contribution in [0.5, 0.6) is 0 Å². The van der Waals surface area contributed by atoms with Gasteiger partial charge >= 0.3 is 0 Å². The number of nitrogens with one attached hydrogen (secondary N) is 2. The van der Waals surface area contributed by atoms with Gasteiger partial charge in [0, 0.05) is 44.2 Å². The minimum atomic E-state index is -3.11. The summed E-state index contributed by atoms with van der Waals surface area (Å²) in [5.74, 6) is 1.58. The highest BCUT2D eigenvalue weighted by Gasteiger charge is 2.20. The van der Waals surface area contributed by atoms with Crippen LogP contribution in [0.4, 0.5) is 5.82 Å². The van der Waals surface area contributed by atoms with Gasteiger partial charge in [-0.25, -0.2) is 13.1 Å². The zero-order valence-corrected chi connectivity index (χ0v) is 14.4. The molecule has 0 radical (unpaired) electrons. The van der Waals surface area contributed by atoms with Gasteiger partial charge in [-0.05, 0) is 26.8 Å². The van der Waals surface area contributed by atoms with Crippen molar-refractivity contribution in [1.29, 1.82) is 0 Å². The molecule has 2 rings (SSSR count). The third-order valence-electron chi connectivity index (χ3n) is 3.89. The second-order valence-corrected chi connectivity index (χ2v) is 8.11. The molecule has 0 aromatic carbocycles. The molecular weight excluding hydrogens is 302 g/mol. The molecule has 7 nitrogen and oxygen atoms in total. The van der Waals surface area contributed by atoms with Crippen LogP contribution in [0.15, 0.2) is 12.3 Å². The fourth-order valence-electron chi connectivity index (χ4n) is 2.80. The quantitative estimate of drug-likeness (QED) is 0.682. The number of anilines is 1. The second-order valence-electron chi connectivity index (χ2n) is 6.17. The summed E-state index contributed by atoms with van der Waals surface area (Å²) in [5, 5.41) is 11.1. The van der Waals surface area contributed by atoms with E-state index in [4.69, 9.17) is 0 Å². The van der Waals surface area contributed by atoms with Crippen LogP contribution in [0.1, 0.15) is 20.3 Å². The number of rotatable bonds is 8. The third kappa shape index (κ3) is 4.69. The van der Waals surface area contributed by atoms with E-state index in [-0.39, 0.29) is 6.04 Å². The number of hydrogen-bond acceptors (Lipinski definition) is 5. The van der Waals surface area contributed by atoms with E-state index in [0.717, 1.165) is 38.4 Å². The first kappa shape index (κ1) is 17.2. The molecule has 8 heteroatoms. The van der Waals surface area contributed by atoms with Crippen molar-refractivity contribution >= 4 is 15.8 Å². The van der Waals surface area contributed by atoms with Crippen molar-refractivity contribution in [2.45, 2.75) is 32.9 Å². The highest BCUT2D eigenvalue weighted by atomic mass is 32.2. The molecule has 0 bridgehead atoms. The number of fused-ring (bicyclic) bond motifs is 1. The van der Waals surface area contributed by atoms with Gasteiger partial charge in [-0.1, -0.05) is 0 Å². The van der Waals surface area contributed by atoms with Crippen LogP contribution in [0.25, 0.3) is 0 Å². The highest BCUT2D eigenvalue weighted by Crippen LogP contribution is 2.15. The normalized spacial score (nSPS) is 18.5. The van der Waals surface area contributed by atoms with E-state index in [2.05, 4.69) is 15.7 Å². The van der Waals surface area contributed by atoms with Crippen molar-refractivity contribution in [1.82, 2.24) is 19.4 Å². The topological polar surface area (TPSA) is 79.3 Å². The van der Waals surface area contributed by atoms with Crippen molar-refractivity contribution in [3.05, 3.63) is 12.3 Å². The molecule has 0 saturated heterocycles. The van der Waals surface area contributed by atoms with Crippen LogP contribution in [0, 0.1) is 5.92 Å². The van der Waals surface area contributed by atoms with E-state index in [0.29, 0.717) is 12.5 Å². The molecule has 22 heavy (non-hydrogen) atoms. The van der Waals surface area contributed by atoms with Gasteiger partial charge in [0.15, 0.2) is 0 Å². The maximum absolute atomic E-state index is 11.7. The first-order chi connectivity index (χ1) is 10.4.